The van der Waals surface area contributed by atoms with Crippen molar-refractivity contribution in [3.63, 3.8) is 0 Å². The predicted octanol–water partition coefficient (Wildman–Crippen LogP) is 2.64. The van der Waals surface area contributed by atoms with E-state index in [4.69, 9.17) is 11.6 Å². The molecule has 0 aliphatic rings. The van der Waals surface area contributed by atoms with Crippen molar-refractivity contribution in [3.05, 3.63) is 85.5 Å². The summed E-state index contributed by atoms with van der Waals surface area (Å²) in [5.41, 5.74) is 3.07. The highest BCUT2D eigenvalue weighted by atomic mass is 35.5. The number of aromatic hydroxyl groups is 1. The third kappa shape index (κ3) is 3.52. The van der Waals surface area contributed by atoms with Gasteiger partial charge in [-0.15, -0.1) is 0 Å². The van der Waals surface area contributed by atoms with Crippen LogP contribution < -0.4 is 16.7 Å². The minimum absolute atomic E-state index is 0.177. The van der Waals surface area contributed by atoms with Gasteiger partial charge in [-0.25, -0.2) is 9.36 Å². The number of hydrazone groups is 1. The minimum Gasteiger partial charge on any atom is -0.493 e. The molecular weight excluding hydrogens is 356 g/mol. The van der Waals surface area contributed by atoms with E-state index in [-0.39, 0.29) is 16.3 Å². The monoisotopic (exact) mass is 370 g/mol. The highest BCUT2D eigenvalue weighted by molar-refractivity contribution is 6.32. The standard InChI is InChI=1S/C18H15ClN4O3/c1-11-6-8-12(9-7-11)22-20-10-13-16(24)21-18(26)23(17(13)25)15-5-3-2-4-14(15)19/h2-10,22,25H,1H3,(H,21,24,26). The van der Waals surface area contributed by atoms with Crippen LogP contribution in [0.3, 0.4) is 0 Å². The van der Waals surface area contributed by atoms with Crippen LogP contribution in [0.4, 0.5) is 5.69 Å². The van der Waals surface area contributed by atoms with Gasteiger partial charge < -0.3 is 5.11 Å². The molecule has 0 aliphatic heterocycles. The molecule has 0 bridgehead atoms. The number of aromatic amines is 1. The van der Waals surface area contributed by atoms with Crippen molar-refractivity contribution in [2.45, 2.75) is 6.92 Å². The summed E-state index contributed by atoms with van der Waals surface area (Å²) >= 11 is 6.08. The van der Waals surface area contributed by atoms with Crippen molar-refractivity contribution < 1.29 is 5.11 Å². The normalized spacial score (nSPS) is 11.0. The Hall–Kier alpha value is -3.32. The lowest BCUT2D eigenvalue weighted by Gasteiger charge is -2.10. The number of para-hydroxylation sites is 1. The van der Waals surface area contributed by atoms with Crippen molar-refractivity contribution in [2.24, 2.45) is 5.10 Å². The first-order chi connectivity index (χ1) is 12.5. The van der Waals surface area contributed by atoms with Crippen LogP contribution in [-0.4, -0.2) is 20.9 Å². The predicted molar refractivity (Wildman–Crippen MR) is 102 cm³/mol. The zero-order valence-corrected chi connectivity index (χ0v) is 14.5. The number of nitrogens with zero attached hydrogens (tertiary/aromatic N) is 2. The van der Waals surface area contributed by atoms with Crippen molar-refractivity contribution in [1.29, 1.82) is 0 Å². The summed E-state index contributed by atoms with van der Waals surface area (Å²) < 4.78 is 0.914. The van der Waals surface area contributed by atoms with E-state index in [1.807, 2.05) is 31.2 Å². The minimum atomic E-state index is -0.802. The number of hydrogen-bond acceptors (Lipinski definition) is 5. The first kappa shape index (κ1) is 17.5. The molecular formula is C18H15ClN4O3. The number of H-pyrrole nitrogens is 1. The Bertz CT molecular complexity index is 1080. The number of anilines is 1. The van der Waals surface area contributed by atoms with E-state index in [1.54, 1.807) is 24.3 Å². The number of benzene rings is 2. The number of rotatable bonds is 4. The molecule has 0 amide bonds. The van der Waals surface area contributed by atoms with Gasteiger partial charge in [-0.3, -0.25) is 15.2 Å². The van der Waals surface area contributed by atoms with E-state index < -0.39 is 17.1 Å². The maximum absolute atomic E-state index is 12.1. The number of nitrogens with one attached hydrogen (secondary N) is 2. The molecule has 0 unspecified atom stereocenters. The molecule has 0 fully saturated rings. The zero-order chi connectivity index (χ0) is 18.7. The summed E-state index contributed by atoms with van der Waals surface area (Å²) in [4.78, 5) is 26.3. The van der Waals surface area contributed by atoms with E-state index in [9.17, 15) is 14.7 Å². The van der Waals surface area contributed by atoms with E-state index in [2.05, 4.69) is 15.5 Å². The van der Waals surface area contributed by atoms with Crippen LogP contribution in [0.2, 0.25) is 5.02 Å². The number of hydrogen-bond donors (Lipinski definition) is 3. The Labute approximate surface area is 153 Å². The lowest BCUT2D eigenvalue weighted by atomic mass is 10.2. The first-order valence-electron chi connectivity index (χ1n) is 7.66. The zero-order valence-electron chi connectivity index (χ0n) is 13.7. The molecule has 0 spiro atoms. The lowest BCUT2D eigenvalue weighted by Crippen LogP contribution is -2.31. The van der Waals surface area contributed by atoms with Gasteiger partial charge in [0.15, 0.2) is 0 Å². The van der Waals surface area contributed by atoms with Gasteiger partial charge in [-0.1, -0.05) is 41.4 Å². The summed E-state index contributed by atoms with van der Waals surface area (Å²) in [6, 6.07) is 13.9. The van der Waals surface area contributed by atoms with Crippen molar-refractivity contribution in [2.75, 3.05) is 5.43 Å². The lowest BCUT2D eigenvalue weighted by molar-refractivity contribution is 0.430. The van der Waals surface area contributed by atoms with Crippen LogP contribution in [0.5, 0.6) is 5.88 Å². The van der Waals surface area contributed by atoms with Crippen LogP contribution in [0.25, 0.3) is 5.69 Å². The molecule has 3 rings (SSSR count). The smallest absolute Gasteiger partial charge is 0.335 e. The molecule has 8 heteroatoms. The number of aryl methyl sites for hydroxylation is 1. The van der Waals surface area contributed by atoms with Gasteiger partial charge in [-0.2, -0.15) is 5.10 Å². The second kappa shape index (κ2) is 7.28. The Morgan fingerprint density at radius 3 is 2.54 bits per heavy atom. The average Bonchev–Trinajstić information content (AvgIpc) is 2.61. The van der Waals surface area contributed by atoms with Crippen LogP contribution >= 0.6 is 11.6 Å². The van der Waals surface area contributed by atoms with Crippen LogP contribution in [0, 0.1) is 6.92 Å². The Morgan fingerprint density at radius 1 is 1.15 bits per heavy atom. The third-order valence-corrected chi connectivity index (χ3v) is 3.97. The highest BCUT2D eigenvalue weighted by Gasteiger charge is 2.15. The molecule has 1 aromatic heterocycles. The highest BCUT2D eigenvalue weighted by Crippen LogP contribution is 2.22. The summed E-state index contributed by atoms with van der Waals surface area (Å²) in [5, 5.41) is 14.6. The van der Waals surface area contributed by atoms with Gasteiger partial charge in [0.25, 0.3) is 5.56 Å². The Balaban J connectivity index is 2.00. The van der Waals surface area contributed by atoms with E-state index in [0.717, 1.165) is 16.3 Å². The molecule has 0 saturated carbocycles. The van der Waals surface area contributed by atoms with Crippen molar-refractivity contribution in [1.82, 2.24) is 9.55 Å². The molecule has 7 nitrogen and oxygen atoms in total. The third-order valence-electron chi connectivity index (χ3n) is 3.65. The van der Waals surface area contributed by atoms with Gasteiger partial charge in [0, 0.05) is 0 Å². The largest absolute Gasteiger partial charge is 0.493 e. The summed E-state index contributed by atoms with van der Waals surface area (Å²) in [7, 11) is 0. The average molecular weight is 371 g/mol. The van der Waals surface area contributed by atoms with Crippen LogP contribution in [-0.2, 0) is 0 Å². The quantitative estimate of drug-likeness (QED) is 0.485. The Morgan fingerprint density at radius 2 is 1.85 bits per heavy atom. The molecule has 26 heavy (non-hydrogen) atoms. The van der Waals surface area contributed by atoms with Crippen molar-refractivity contribution in [3.8, 4) is 11.6 Å². The van der Waals surface area contributed by atoms with Gasteiger partial charge >= 0.3 is 5.69 Å². The van der Waals surface area contributed by atoms with Gasteiger partial charge in [0.2, 0.25) is 5.88 Å². The molecule has 3 N–H and O–H groups in total. The van der Waals surface area contributed by atoms with Crippen LogP contribution in [0.15, 0.2) is 63.2 Å². The maximum Gasteiger partial charge on any atom is 0.335 e. The fourth-order valence-corrected chi connectivity index (χ4v) is 2.53. The van der Waals surface area contributed by atoms with Crippen molar-refractivity contribution >= 4 is 23.5 Å². The molecule has 132 valence electrons. The number of aromatic nitrogens is 2. The summed E-state index contributed by atoms with van der Waals surface area (Å²) in [5.74, 6) is -0.554. The maximum atomic E-state index is 12.1. The fraction of sp³-hybridized carbons (Fsp3) is 0.0556. The Kier molecular flexibility index (Phi) is 4.90. The molecule has 0 saturated heterocycles. The molecule has 0 radical (unpaired) electrons. The molecule has 1 heterocycles. The molecule has 0 aliphatic carbocycles. The SMILES string of the molecule is Cc1ccc(NN=Cc2c(O)n(-c3ccccc3Cl)c(=O)[nH]c2=O)cc1. The topological polar surface area (TPSA) is 99.5 Å². The van der Waals surface area contributed by atoms with E-state index in [1.165, 1.54) is 0 Å². The second-order valence-electron chi connectivity index (χ2n) is 5.52. The molecule has 3 aromatic rings. The van der Waals surface area contributed by atoms with Gasteiger partial charge in [0.1, 0.15) is 5.56 Å². The van der Waals surface area contributed by atoms with Crippen LogP contribution in [0.1, 0.15) is 11.1 Å². The number of halogens is 1. The molecule has 0 atom stereocenters. The first-order valence-corrected chi connectivity index (χ1v) is 8.04. The summed E-state index contributed by atoms with van der Waals surface area (Å²) in [6.45, 7) is 1.96. The second-order valence-corrected chi connectivity index (χ2v) is 5.93. The fourth-order valence-electron chi connectivity index (χ4n) is 2.31. The van der Waals surface area contributed by atoms with Gasteiger partial charge in [-0.05, 0) is 31.2 Å². The summed E-state index contributed by atoms with van der Waals surface area (Å²) in [6.07, 6.45) is 1.14. The van der Waals surface area contributed by atoms with Gasteiger partial charge in [0.05, 0.1) is 22.6 Å². The van der Waals surface area contributed by atoms with E-state index in [0.29, 0.717) is 5.69 Å². The van der Waals surface area contributed by atoms with E-state index >= 15 is 0 Å². The molecule has 2 aromatic carbocycles.